The van der Waals surface area contributed by atoms with Gasteiger partial charge in [0.2, 0.25) is 0 Å². The SMILES string of the molecule is COC1=C(c2ccccc2)C(=O)CCc2ccccc21. The molecule has 100 valence electrons. The number of carbonyl (C=O) groups excluding carboxylic acids is 1. The zero-order valence-corrected chi connectivity index (χ0v) is 11.4. The molecule has 3 rings (SSSR count). The van der Waals surface area contributed by atoms with Crippen LogP contribution in [0.1, 0.15) is 23.1 Å². The van der Waals surface area contributed by atoms with Crippen molar-refractivity contribution in [2.24, 2.45) is 0 Å². The lowest BCUT2D eigenvalue weighted by Crippen LogP contribution is -2.03. The molecule has 0 saturated heterocycles. The lowest BCUT2D eigenvalue weighted by atomic mass is 9.98. The first-order valence-corrected chi connectivity index (χ1v) is 6.76. The summed E-state index contributed by atoms with van der Waals surface area (Å²) in [6.07, 6.45) is 1.28. The van der Waals surface area contributed by atoms with Crippen molar-refractivity contribution < 1.29 is 9.53 Å². The molecule has 0 N–H and O–H groups in total. The van der Waals surface area contributed by atoms with Crippen molar-refractivity contribution in [1.29, 1.82) is 0 Å². The Kier molecular flexibility index (Phi) is 3.38. The molecule has 0 unspecified atom stereocenters. The normalized spacial score (nSPS) is 14.8. The fourth-order valence-electron chi connectivity index (χ4n) is 2.70. The predicted molar refractivity (Wildman–Crippen MR) is 80.0 cm³/mol. The average Bonchev–Trinajstić information content (AvgIpc) is 2.65. The van der Waals surface area contributed by atoms with E-state index in [0.717, 1.165) is 17.5 Å². The van der Waals surface area contributed by atoms with Gasteiger partial charge in [-0.1, -0.05) is 54.6 Å². The van der Waals surface area contributed by atoms with E-state index in [9.17, 15) is 4.79 Å². The van der Waals surface area contributed by atoms with Crippen molar-refractivity contribution in [3.05, 3.63) is 71.3 Å². The Bertz CT molecular complexity index is 669. The van der Waals surface area contributed by atoms with Crippen LogP contribution in [0.5, 0.6) is 0 Å². The maximum Gasteiger partial charge on any atom is 0.167 e. The van der Waals surface area contributed by atoms with Crippen molar-refractivity contribution in [1.82, 2.24) is 0 Å². The minimum Gasteiger partial charge on any atom is -0.495 e. The summed E-state index contributed by atoms with van der Waals surface area (Å²) in [6.45, 7) is 0. The van der Waals surface area contributed by atoms with Crippen LogP contribution in [0.15, 0.2) is 54.6 Å². The molecule has 0 radical (unpaired) electrons. The van der Waals surface area contributed by atoms with E-state index in [1.54, 1.807) is 7.11 Å². The third-order valence-corrected chi connectivity index (χ3v) is 3.66. The first-order chi connectivity index (χ1) is 9.81. The molecule has 0 aliphatic heterocycles. The minimum atomic E-state index is 0.143. The zero-order chi connectivity index (χ0) is 13.9. The molecule has 0 spiro atoms. The second-order valence-corrected chi connectivity index (χ2v) is 4.85. The van der Waals surface area contributed by atoms with Crippen LogP contribution < -0.4 is 0 Å². The Hall–Kier alpha value is -2.35. The summed E-state index contributed by atoms with van der Waals surface area (Å²) in [5, 5.41) is 0. The highest BCUT2D eigenvalue weighted by molar-refractivity contribution is 6.27. The number of carbonyl (C=O) groups is 1. The van der Waals surface area contributed by atoms with Crippen LogP contribution in [0.4, 0.5) is 0 Å². The van der Waals surface area contributed by atoms with Gasteiger partial charge in [-0.25, -0.2) is 0 Å². The van der Waals surface area contributed by atoms with E-state index in [1.807, 2.05) is 48.5 Å². The van der Waals surface area contributed by atoms with E-state index in [2.05, 4.69) is 6.07 Å². The predicted octanol–water partition coefficient (Wildman–Crippen LogP) is 3.72. The minimum absolute atomic E-state index is 0.143. The Balaban J connectivity index is 2.27. The summed E-state index contributed by atoms with van der Waals surface area (Å²) >= 11 is 0. The number of aryl methyl sites for hydroxylation is 1. The maximum absolute atomic E-state index is 12.5. The lowest BCUT2D eigenvalue weighted by Gasteiger charge is -2.13. The van der Waals surface area contributed by atoms with Crippen LogP contribution in [-0.4, -0.2) is 12.9 Å². The van der Waals surface area contributed by atoms with E-state index in [4.69, 9.17) is 4.74 Å². The van der Waals surface area contributed by atoms with E-state index < -0.39 is 0 Å². The highest BCUT2D eigenvalue weighted by Crippen LogP contribution is 2.34. The summed E-state index contributed by atoms with van der Waals surface area (Å²) in [5.41, 5.74) is 3.81. The Morgan fingerprint density at radius 2 is 1.60 bits per heavy atom. The molecule has 1 aliphatic rings. The molecular formula is C18H16O2. The number of fused-ring (bicyclic) bond motifs is 1. The van der Waals surface area contributed by atoms with Crippen LogP contribution >= 0.6 is 0 Å². The van der Waals surface area contributed by atoms with Gasteiger partial charge in [-0.2, -0.15) is 0 Å². The number of methoxy groups -OCH3 is 1. The van der Waals surface area contributed by atoms with Crippen LogP contribution in [0.2, 0.25) is 0 Å². The Morgan fingerprint density at radius 1 is 0.900 bits per heavy atom. The number of hydrogen-bond donors (Lipinski definition) is 0. The number of ether oxygens (including phenoxy) is 1. The number of rotatable bonds is 2. The van der Waals surface area contributed by atoms with Crippen LogP contribution in [0.3, 0.4) is 0 Å². The van der Waals surface area contributed by atoms with Gasteiger partial charge in [0.25, 0.3) is 0 Å². The first-order valence-electron chi connectivity index (χ1n) is 6.76. The summed E-state index contributed by atoms with van der Waals surface area (Å²) in [5.74, 6) is 0.832. The molecule has 2 aromatic rings. The quantitative estimate of drug-likeness (QED) is 0.826. The Labute approximate surface area is 118 Å². The van der Waals surface area contributed by atoms with Gasteiger partial charge in [0.15, 0.2) is 5.78 Å². The monoisotopic (exact) mass is 264 g/mol. The molecule has 2 aromatic carbocycles. The lowest BCUT2D eigenvalue weighted by molar-refractivity contribution is -0.113. The molecule has 20 heavy (non-hydrogen) atoms. The van der Waals surface area contributed by atoms with E-state index in [1.165, 1.54) is 5.56 Å². The average molecular weight is 264 g/mol. The highest BCUT2D eigenvalue weighted by Gasteiger charge is 2.24. The van der Waals surface area contributed by atoms with Crippen molar-refractivity contribution >= 4 is 17.1 Å². The Morgan fingerprint density at radius 3 is 2.35 bits per heavy atom. The van der Waals surface area contributed by atoms with Crippen molar-refractivity contribution in [2.45, 2.75) is 12.8 Å². The van der Waals surface area contributed by atoms with E-state index >= 15 is 0 Å². The van der Waals surface area contributed by atoms with Gasteiger partial charge in [-0.15, -0.1) is 0 Å². The standard InChI is InChI=1S/C18H16O2/c1-20-18-15-10-6-5-7-13(15)11-12-16(19)17(18)14-8-3-2-4-9-14/h2-10H,11-12H2,1H3. The molecule has 0 aromatic heterocycles. The number of hydrogen-bond acceptors (Lipinski definition) is 2. The molecular weight excluding hydrogens is 248 g/mol. The molecule has 0 amide bonds. The molecule has 1 aliphatic carbocycles. The maximum atomic E-state index is 12.5. The highest BCUT2D eigenvalue weighted by atomic mass is 16.5. The summed E-state index contributed by atoms with van der Waals surface area (Å²) in [7, 11) is 1.63. The fourth-order valence-corrected chi connectivity index (χ4v) is 2.70. The topological polar surface area (TPSA) is 26.3 Å². The van der Waals surface area contributed by atoms with Gasteiger partial charge < -0.3 is 4.74 Å². The van der Waals surface area contributed by atoms with Crippen molar-refractivity contribution in [2.75, 3.05) is 7.11 Å². The zero-order valence-electron chi connectivity index (χ0n) is 11.4. The van der Waals surface area contributed by atoms with Gasteiger partial charge in [-0.05, 0) is 17.5 Å². The molecule has 2 heteroatoms. The van der Waals surface area contributed by atoms with Gasteiger partial charge >= 0.3 is 0 Å². The molecule has 0 bridgehead atoms. The third kappa shape index (κ3) is 2.14. The number of ketones is 1. The van der Waals surface area contributed by atoms with Gasteiger partial charge in [0.1, 0.15) is 5.76 Å². The number of benzene rings is 2. The number of Topliss-reactive ketones (excluding diaryl/α,β-unsaturated/α-hetero) is 1. The fraction of sp³-hybridized carbons (Fsp3) is 0.167. The van der Waals surface area contributed by atoms with Gasteiger partial charge in [0.05, 0.1) is 12.7 Å². The molecule has 0 heterocycles. The summed E-state index contributed by atoms with van der Waals surface area (Å²) < 4.78 is 5.59. The van der Waals surface area contributed by atoms with Crippen molar-refractivity contribution in [3.63, 3.8) is 0 Å². The molecule has 0 atom stereocenters. The smallest absolute Gasteiger partial charge is 0.167 e. The van der Waals surface area contributed by atoms with Crippen LogP contribution in [0.25, 0.3) is 11.3 Å². The summed E-state index contributed by atoms with van der Waals surface area (Å²) in [4.78, 5) is 12.5. The largest absolute Gasteiger partial charge is 0.495 e. The second-order valence-electron chi connectivity index (χ2n) is 4.85. The first kappa shape index (κ1) is 12.7. The van der Waals surface area contributed by atoms with Crippen LogP contribution in [0, 0.1) is 0 Å². The van der Waals surface area contributed by atoms with E-state index in [0.29, 0.717) is 17.8 Å². The second kappa shape index (κ2) is 5.33. The third-order valence-electron chi connectivity index (χ3n) is 3.66. The molecule has 0 fully saturated rings. The molecule has 0 saturated carbocycles. The van der Waals surface area contributed by atoms with E-state index in [-0.39, 0.29) is 5.78 Å². The number of allylic oxidation sites excluding steroid dienone is 1. The summed E-state index contributed by atoms with van der Waals surface area (Å²) in [6, 6.07) is 17.8. The van der Waals surface area contributed by atoms with Crippen molar-refractivity contribution in [3.8, 4) is 0 Å². The van der Waals surface area contributed by atoms with Gasteiger partial charge in [0, 0.05) is 12.0 Å². The van der Waals surface area contributed by atoms with Gasteiger partial charge in [-0.3, -0.25) is 4.79 Å². The molecule has 2 nitrogen and oxygen atoms in total. The van der Waals surface area contributed by atoms with Crippen LogP contribution in [-0.2, 0) is 16.0 Å².